The fraction of sp³-hybridized carbons (Fsp3) is 1.00. The molecule has 0 aromatic heterocycles. The van der Waals surface area contributed by atoms with Gasteiger partial charge in [-0.25, -0.2) is 0 Å². The fourth-order valence-electron chi connectivity index (χ4n) is 1.76. The highest BCUT2D eigenvalue weighted by atomic mass is 15.2. The lowest BCUT2D eigenvalue weighted by Gasteiger charge is -2.20. The van der Waals surface area contributed by atoms with E-state index in [4.69, 9.17) is 0 Å². The monoisotopic (exact) mass is 170 g/mol. The van der Waals surface area contributed by atoms with Gasteiger partial charge in [-0.3, -0.25) is 0 Å². The lowest BCUT2D eigenvalue weighted by atomic mass is 10.2. The van der Waals surface area contributed by atoms with Gasteiger partial charge in [-0.05, 0) is 39.9 Å². The van der Waals surface area contributed by atoms with Crippen LogP contribution in [0.5, 0.6) is 0 Å². The van der Waals surface area contributed by atoms with Gasteiger partial charge in [-0.2, -0.15) is 0 Å². The summed E-state index contributed by atoms with van der Waals surface area (Å²) in [6, 6.07) is 0.770. The number of likely N-dealkylation sites (N-methyl/N-ethyl adjacent to an activating group) is 1. The SMILES string of the molecule is CCCN1CC[C@@H](C)N(C)CC1. The maximum Gasteiger partial charge on any atom is 0.0109 e. The van der Waals surface area contributed by atoms with E-state index in [-0.39, 0.29) is 0 Å². The molecule has 1 saturated heterocycles. The van der Waals surface area contributed by atoms with Crippen LogP contribution in [0.2, 0.25) is 0 Å². The van der Waals surface area contributed by atoms with Crippen molar-refractivity contribution < 1.29 is 0 Å². The Morgan fingerprint density at radius 1 is 1.25 bits per heavy atom. The van der Waals surface area contributed by atoms with E-state index in [1.165, 1.54) is 39.0 Å². The highest BCUT2D eigenvalue weighted by Gasteiger charge is 2.16. The Bertz CT molecular complexity index is 113. The van der Waals surface area contributed by atoms with E-state index in [0.717, 1.165) is 6.04 Å². The van der Waals surface area contributed by atoms with Gasteiger partial charge in [-0.1, -0.05) is 6.92 Å². The molecule has 0 aliphatic carbocycles. The molecular formula is C10H22N2. The molecule has 1 atom stereocenters. The topological polar surface area (TPSA) is 6.48 Å². The average molecular weight is 170 g/mol. The van der Waals surface area contributed by atoms with E-state index in [2.05, 4.69) is 30.7 Å². The molecule has 1 fully saturated rings. The Kier molecular flexibility index (Phi) is 4.02. The van der Waals surface area contributed by atoms with Crippen molar-refractivity contribution in [3.63, 3.8) is 0 Å². The molecule has 0 aromatic carbocycles. The second kappa shape index (κ2) is 4.83. The average Bonchev–Trinajstić information content (AvgIpc) is 2.20. The minimum Gasteiger partial charge on any atom is -0.302 e. The summed E-state index contributed by atoms with van der Waals surface area (Å²) in [5.41, 5.74) is 0. The molecule has 12 heavy (non-hydrogen) atoms. The van der Waals surface area contributed by atoms with Crippen LogP contribution in [0.4, 0.5) is 0 Å². The molecule has 1 heterocycles. The molecule has 0 radical (unpaired) electrons. The molecule has 0 saturated carbocycles. The number of nitrogens with zero attached hydrogens (tertiary/aromatic N) is 2. The first kappa shape index (κ1) is 10.0. The van der Waals surface area contributed by atoms with Crippen molar-refractivity contribution in [2.75, 3.05) is 33.2 Å². The van der Waals surface area contributed by atoms with Gasteiger partial charge in [0.25, 0.3) is 0 Å². The summed E-state index contributed by atoms with van der Waals surface area (Å²) >= 11 is 0. The zero-order valence-corrected chi connectivity index (χ0v) is 8.71. The van der Waals surface area contributed by atoms with Crippen LogP contribution in [0, 0.1) is 0 Å². The van der Waals surface area contributed by atoms with E-state index >= 15 is 0 Å². The Morgan fingerprint density at radius 2 is 2.00 bits per heavy atom. The first-order valence-electron chi connectivity index (χ1n) is 5.16. The van der Waals surface area contributed by atoms with Crippen LogP contribution in [-0.2, 0) is 0 Å². The molecule has 1 aliphatic rings. The summed E-state index contributed by atoms with van der Waals surface area (Å²) in [6.07, 6.45) is 2.62. The minimum absolute atomic E-state index is 0.770. The molecule has 2 heteroatoms. The minimum atomic E-state index is 0.770. The van der Waals surface area contributed by atoms with Crippen molar-refractivity contribution in [1.29, 1.82) is 0 Å². The van der Waals surface area contributed by atoms with Gasteiger partial charge >= 0.3 is 0 Å². The summed E-state index contributed by atoms with van der Waals surface area (Å²) in [4.78, 5) is 5.05. The van der Waals surface area contributed by atoms with Gasteiger partial charge < -0.3 is 9.80 Å². The van der Waals surface area contributed by atoms with Crippen molar-refractivity contribution in [2.45, 2.75) is 32.7 Å². The van der Waals surface area contributed by atoms with Crippen molar-refractivity contribution >= 4 is 0 Å². The molecule has 0 N–H and O–H groups in total. The van der Waals surface area contributed by atoms with E-state index in [1.54, 1.807) is 0 Å². The molecule has 0 aromatic rings. The Balaban J connectivity index is 2.33. The second-order valence-electron chi connectivity index (χ2n) is 3.96. The molecule has 0 unspecified atom stereocenters. The fourth-order valence-corrected chi connectivity index (χ4v) is 1.76. The highest BCUT2D eigenvalue weighted by molar-refractivity contribution is 4.72. The Hall–Kier alpha value is -0.0800. The van der Waals surface area contributed by atoms with Gasteiger partial charge in [-0.15, -0.1) is 0 Å². The summed E-state index contributed by atoms with van der Waals surface area (Å²) < 4.78 is 0. The van der Waals surface area contributed by atoms with Crippen molar-refractivity contribution in [1.82, 2.24) is 9.80 Å². The second-order valence-corrected chi connectivity index (χ2v) is 3.96. The van der Waals surface area contributed by atoms with Gasteiger partial charge in [0.05, 0.1) is 0 Å². The third-order valence-corrected chi connectivity index (χ3v) is 2.92. The van der Waals surface area contributed by atoms with Gasteiger partial charge in [0.15, 0.2) is 0 Å². The smallest absolute Gasteiger partial charge is 0.0109 e. The lowest BCUT2D eigenvalue weighted by Crippen LogP contribution is -2.31. The number of hydrogen-bond donors (Lipinski definition) is 0. The van der Waals surface area contributed by atoms with Gasteiger partial charge in [0.2, 0.25) is 0 Å². The first-order chi connectivity index (χ1) is 5.74. The Labute approximate surface area is 76.5 Å². The summed E-state index contributed by atoms with van der Waals surface area (Å²) in [5.74, 6) is 0. The largest absolute Gasteiger partial charge is 0.302 e. The van der Waals surface area contributed by atoms with Gasteiger partial charge in [0.1, 0.15) is 0 Å². The quantitative estimate of drug-likeness (QED) is 0.618. The van der Waals surface area contributed by atoms with Crippen LogP contribution in [0.25, 0.3) is 0 Å². The first-order valence-corrected chi connectivity index (χ1v) is 5.16. The van der Waals surface area contributed by atoms with E-state index in [9.17, 15) is 0 Å². The van der Waals surface area contributed by atoms with Crippen LogP contribution in [0.3, 0.4) is 0 Å². The lowest BCUT2D eigenvalue weighted by molar-refractivity contribution is 0.259. The summed E-state index contributed by atoms with van der Waals surface area (Å²) in [5, 5.41) is 0. The van der Waals surface area contributed by atoms with Gasteiger partial charge in [0, 0.05) is 19.1 Å². The molecular weight excluding hydrogens is 148 g/mol. The number of hydrogen-bond acceptors (Lipinski definition) is 2. The predicted octanol–water partition coefficient (Wildman–Crippen LogP) is 1.42. The molecule has 72 valence electrons. The molecule has 0 spiro atoms. The zero-order valence-electron chi connectivity index (χ0n) is 8.71. The van der Waals surface area contributed by atoms with Crippen molar-refractivity contribution in [3.8, 4) is 0 Å². The summed E-state index contributed by atoms with van der Waals surface area (Å²) in [6.45, 7) is 9.66. The molecule has 1 rings (SSSR count). The zero-order chi connectivity index (χ0) is 8.97. The molecule has 1 aliphatic heterocycles. The van der Waals surface area contributed by atoms with Crippen LogP contribution < -0.4 is 0 Å². The molecule has 2 nitrogen and oxygen atoms in total. The third-order valence-electron chi connectivity index (χ3n) is 2.92. The molecule has 0 bridgehead atoms. The number of rotatable bonds is 2. The third kappa shape index (κ3) is 2.76. The summed E-state index contributed by atoms with van der Waals surface area (Å²) in [7, 11) is 2.24. The van der Waals surface area contributed by atoms with Crippen LogP contribution in [0.15, 0.2) is 0 Å². The maximum atomic E-state index is 2.58. The normalized spacial score (nSPS) is 28.8. The van der Waals surface area contributed by atoms with E-state index in [0.29, 0.717) is 0 Å². The van der Waals surface area contributed by atoms with Crippen LogP contribution in [-0.4, -0.2) is 49.1 Å². The van der Waals surface area contributed by atoms with E-state index < -0.39 is 0 Å². The van der Waals surface area contributed by atoms with Crippen LogP contribution >= 0.6 is 0 Å². The predicted molar refractivity (Wildman–Crippen MR) is 53.4 cm³/mol. The van der Waals surface area contributed by atoms with Crippen LogP contribution in [0.1, 0.15) is 26.7 Å². The molecule has 0 amide bonds. The highest BCUT2D eigenvalue weighted by Crippen LogP contribution is 2.08. The maximum absolute atomic E-state index is 2.58. The van der Waals surface area contributed by atoms with E-state index in [1.807, 2.05) is 0 Å². The van der Waals surface area contributed by atoms with Crippen molar-refractivity contribution in [2.24, 2.45) is 0 Å². The Morgan fingerprint density at radius 3 is 2.67 bits per heavy atom. The standard InChI is InChI=1S/C10H22N2/c1-4-6-12-7-5-10(2)11(3)8-9-12/h10H,4-9H2,1-3H3/t10-/m1/s1. The van der Waals surface area contributed by atoms with Crippen molar-refractivity contribution in [3.05, 3.63) is 0 Å².